The molecule has 0 heterocycles. The van der Waals surface area contributed by atoms with Gasteiger partial charge >= 0.3 is 12.4 Å². The van der Waals surface area contributed by atoms with E-state index in [1.165, 1.54) is 0 Å². The Morgan fingerprint density at radius 1 is 1.00 bits per heavy atom. The lowest BCUT2D eigenvalue weighted by Gasteiger charge is -2.14. The monoisotopic (exact) mass is 276 g/mol. The van der Waals surface area contributed by atoms with Crippen LogP contribution in [0.1, 0.15) is 21.5 Å². The van der Waals surface area contributed by atoms with Gasteiger partial charge in [0.05, 0.1) is 16.1 Å². The number of carbonyl (C=O) groups is 1. The number of alkyl halides is 6. The number of hydrogen-bond acceptors (Lipinski definition) is 1. The summed E-state index contributed by atoms with van der Waals surface area (Å²) >= 11 is 5.13. The van der Waals surface area contributed by atoms with Crippen LogP contribution in [0, 0.1) is 0 Å². The van der Waals surface area contributed by atoms with Gasteiger partial charge in [0.2, 0.25) is 0 Å². The van der Waals surface area contributed by atoms with Crippen molar-refractivity contribution >= 4 is 17.9 Å². The van der Waals surface area contributed by atoms with Crippen LogP contribution in [0.2, 0.25) is 5.02 Å². The highest BCUT2D eigenvalue weighted by Gasteiger charge is 2.39. The molecular weight excluding hydrogens is 274 g/mol. The fraction of sp³-hybridized carbons (Fsp3) is 0.222. The molecule has 0 spiro atoms. The molecule has 1 aromatic rings. The molecule has 0 fully saturated rings. The van der Waals surface area contributed by atoms with Gasteiger partial charge in [-0.1, -0.05) is 11.6 Å². The third kappa shape index (κ3) is 2.91. The highest BCUT2D eigenvalue weighted by molar-refractivity contribution is 6.31. The Hall–Kier alpha value is -1.24. The van der Waals surface area contributed by atoms with Gasteiger partial charge in [-0.15, -0.1) is 0 Å². The van der Waals surface area contributed by atoms with E-state index in [9.17, 15) is 31.1 Å². The first-order valence-corrected chi connectivity index (χ1v) is 4.38. The second kappa shape index (κ2) is 4.21. The van der Waals surface area contributed by atoms with E-state index < -0.39 is 34.1 Å². The van der Waals surface area contributed by atoms with E-state index in [1.54, 1.807) is 0 Å². The van der Waals surface area contributed by atoms with Crippen LogP contribution >= 0.6 is 11.6 Å². The first kappa shape index (κ1) is 13.8. The molecule has 0 aliphatic rings. The Bertz CT molecular complexity index is 448. The Morgan fingerprint density at radius 2 is 1.53 bits per heavy atom. The molecule has 1 rings (SSSR count). The molecule has 1 aromatic carbocycles. The number of halogens is 7. The van der Waals surface area contributed by atoms with Gasteiger partial charge in [-0.05, 0) is 12.1 Å². The molecule has 1 nitrogen and oxygen atoms in total. The lowest BCUT2D eigenvalue weighted by atomic mass is 10.0. The smallest absolute Gasteiger partial charge is 0.298 e. The summed E-state index contributed by atoms with van der Waals surface area (Å²) < 4.78 is 74.0. The summed E-state index contributed by atoms with van der Waals surface area (Å²) in [7, 11) is 0. The molecule has 94 valence electrons. The maximum Gasteiger partial charge on any atom is 0.418 e. The zero-order chi connectivity index (χ0) is 13.4. The fourth-order valence-electron chi connectivity index (χ4n) is 1.18. The molecule has 0 atom stereocenters. The zero-order valence-electron chi connectivity index (χ0n) is 7.79. The minimum absolute atomic E-state index is 0.113. The van der Waals surface area contributed by atoms with E-state index in [0.717, 1.165) is 0 Å². The first-order chi connectivity index (χ1) is 7.57. The van der Waals surface area contributed by atoms with E-state index in [1.807, 2.05) is 0 Å². The molecule has 0 unspecified atom stereocenters. The fourth-order valence-corrected chi connectivity index (χ4v) is 1.52. The van der Waals surface area contributed by atoms with E-state index in [0.29, 0.717) is 0 Å². The number of aldehydes is 1. The molecule has 0 radical (unpaired) electrons. The maximum absolute atomic E-state index is 12.4. The summed E-state index contributed by atoms with van der Waals surface area (Å²) in [5.41, 5.74) is -4.11. The first-order valence-electron chi connectivity index (χ1n) is 4.00. The Kier molecular flexibility index (Phi) is 3.42. The van der Waals surface area contributed by atoms with E-state index >= 15 is 0 Å². The van der Waals surface area contributed by atoms with Crippen molar-refractivity contribution in [1.29, 1.82) is 0 Å². The molecule has 0 bridgehead atoms. The van der Waals surface area contributed by atoms with Gasteiger partial charge < -0.3 is 0 Å². The predicted octanol–water partition coefficient (Wildman–Crippen LogP) is 4.19. The van der Waals surface area contributed by atoms with Crippen molar-refractivity contribution in [3.05, 3.63) is 33.8 Å². The summed E-state index contributed by atoms with van der Waals surface area (Å²) in [6, 6.07) is 0.249. The second-order valence-electron chi connectivity index (χ2n) is 3.04. The molecular formula is C9H3ClF6O. The SMILES string of the molecule is O=Cc1cc(C(F)(F)F)cc(Cl)c1C(F)(F)F. The average Bonchev–Trinajstić information content (AvgIpc) is 2.12. The molecule has 0 saturated carbocycles. The van der Waals surface area contributed by atoms with Gasteiger partial charge in [0.25, 0.3) is 0 Å². The predicted molar refractivity (Wildman–Crippen MR) is 46.8 cm³/mol. The van der Waals surface area contributed by atoms with Crippen LogP contribution in [0.5, 0.6) is 0 Å². The summed E-state index contributed by atoms with van der Waals surface area (Å²) in [4.78, 5) is 10.4. The largest absolute Gasteiger partial charge is 0.418 e. The van der Waals surface area contributed by atoms with E-state index in [2.05, 4.69) is 0 Å². The highest BCUT2D eigenvalue weighted by atomic mass is 35.5. The average molecular weight is 277 g/mol. The maximum atomic E-state index is 12.4. The Morgan fingerprint density at radius 3 is 1.88 bits per heavy atom. The molecule has 0 amide bonds. The van der Waals surface area contributed by atoms with Crippen LogP contribution in [0.15, 0.2) is 12.1 Å². The van der Waals surface area contributed by atoms with Crippen LogP contribution in [-0.4, -0.2) is 6.29 Å². The summed E-state index contributed by atoms with van der Waals surface area (Å²) in [6.07, 6.45) is -10.2. The van der Waals surface area contributed by atoms with Gasteiger partial charge in [-0.3, -0.25) is 4.79 Å². The summed E-state index contributed by atoms with van der Waals surface area (Å²) in [5.74, 6) is 0. The zero-order valence-corrected chi connectivity index (χ0v) is 8.54. The topological polar surface area (TPSA) is 17.1 Å². The van der Waals surface area contributed by atoms with Crippen molar-refractivity contribution in [2.75, 3.05) is 0 Å². The van der Waals surface area contributed by atoms with Crippen LogP contribution in [0.25, 0.3) is 0 Å². The van der Waals surface area contributed by atoms with E-state index in [-0.39, 0.29) is 18.4 Å². The number of rotatable bonds is 1. The Labute approximate surface area is 96.0 Å². The van der Waals surface area contributed by atoms with Crippen molar-refractivity contribution in [3.8, 4) is 0 Å². The minimum atomic E-state index is -4.99. The van der Waals surface area contributed by atoms with Crippen LogP contribution in [0.3, 0.4) is 0 Å². The molecule has 0 aliphatic heterocycles. The summed E-state index contributed by atoms with van der Waals surface area (Å²) in [6.45, 7) is 0. The normalized spacial score (nSPS) is 12.6. The van der Waals surface area contributed by atoms with Crippen molar-refractivity contribution in [1.82, 2.24) is 0 Å². The van der Waals surface area contributed by atoms with Gasteiger partial charge in [0.15, 0.2) is 6.29 Å². The van der Waals surface area contributed by atoms with Crippen LogP contribution < -0.4 is 0 Å². The minimum Gasteiger partial charge on any atom is -0.298 e. The Balaban J connectivity index is 3.53. The number of benzene rings is 1. The number of hydrogen-bond donors (Lipinski definition) is 0. The molecule has 0 N–H and O–H groups in total. The van der Waals surface area contributed by atoms with Crippen molar-refractivity contribution < 1.29 is 31.1 Å². The molecule has 0 saturated heterocycles. The van der Waals surface area contributed by atoms with Gasteiger partial charge in [-0.25, -0.2) is 0 Å². The van der Waals surface area contributed by atoms with Crippen molar-refractivity contribution in [2.24, 2.45) is 0 Å². The highest BCUT2D eigenvalue weighted by Crippen LogP contribution is 2.40. The molecule has 17 heavy (non-hydrogen) atoms. The third-order valence-electron chi connectivity index (χ3n) is 1.86. The quantitative estimate of drug-likeness (QED) is 0.555. The standard InChI is InChI=1S/C9H3ClF6O/c10-6-2-5(8(11,12)13)1-4(3-17)7(6)9(14,15)16/h1-3H. The second-order valence-corrected chi connectivity index (χ2v) is 3.44. The van der Waals surface area contributed by atoms with Gasteiger partial charge in [-0.2, -0.15) is 26.3 Å². The summed E-state index contributed by atoms with van der Waals surface area (Å²) in [5, 5.41) is -1.16. The van der Waals surface area contributed by atoms with E-state index in [4.69, 9.17) is 11.6 Å². The lowest BCUT2D eigenvalue weighted by molar-refractivity contribution is -0.141. The lowest BCUT2D eigenvalue weighted by Crippen LogP contribution is -2.13. The van der Waals surface area contributed by atoms with Crippen molar-refractivity contribution in [3.63, 3.8) is 0 Å². The molecule has 8 heteroatoms. The van der Waals surface area contributed by atoms with Crippen LogP contribution in [0.4, 0.5) is 26.3 Å². The van der Waals surface area contributed by atoms with Crippen molar-refractivity contribution in [2.45, 2.75) is 12.4 Å². The third-order valence-corrected chi connectivity index (χ3v) is 2.16. The molecule has 0 aliphatic carbocycles. The van der Waals surface area contributed by atoms with Crippen LogP contribution in [-0.2, 0) is 12.4 Å². The van der Waals surface area contributed by atoms with Gasteiger partial charge in [0, 0.05) is 5.56 Å². The van der Waals surface area contributed by atoms with Gasteiger partial charge in [0.1, 0.15) is 0 Å². The molecule has 0 aromatic heterocycles. The number of carbonyl (C=O) groups excluding carboxylic acids is 1.